The van der Waals surface area contributed by atoms with Gasteiger partial charge in [0.15, 0.2) is 0 Å². The minimum absolute atomic E-state index is 0.356. The van der Waals surface area contributed by atoms with Crippen LogP contribution in [0.25, 0.3) is 0 Å². The van der Waals surface area contributed by atoms with Gasteiger partial charge < -0.3 is 10.2 Å². The lowest BCUT2D eigenvalue weighted by Crippen LogP contribution is -2.58. The van der Waals surface area contributed by atoms with Crippen molar-refractivity contribution in [3.8, 4) is 0 Å². The van der Waals surface area contributed by atoms with Crippen LogP contribution in [0.1, 0.15) is 32.6 Å². The zero-order valence-electron chi connectivity index (χ0n) is 9.01. The Morgan fingerprint density at radius 3 is 2.43 bits per heavy atom. The standard InChI is InChI=1S/C11H20N2O/c1-2-3-10(14)13-6-4-11(5-7-13)8-12-9-11/h12H,2-9H2,1H3. The van der Waals surface area contributed by atoms with Gasteiger partial charge in [-0.15, -0.1) is 0 Å². The van der Waals surface area contributed by atoms with Crippen molar-refractivity contribution in [3.63, 3.8) is 0 Å². The van der Waals surface area contributed by atoms with Crippen LogP contribution in [0.5, 0.6) is 0 Å². The monoisotopic (exact) mass is 196 g/mol. The van der Waals surface area contributed by atoms with Crippen LogP contribution in [-0.4, -0.2) is 37.0 Å². The summed E-state index contributed by atoms with van der Waals surface area (Å²) >= 11 is 0. The Bertz CT molecular complexity index is 213. The summed E-state index contributed by atoms with van der Waals surface area (Å²) in [6.45, 7) is 6.38. The van der Waals surface area contributed by atoms with Crippen molar-refractivity contribution in [2.45, 2.75) is 32.6 Å². The average Bonchev–Trinajstić information content (AvgIpc) is 2.16. The van der Waals surface area contributed by atoms with Crippen LogP contribution < -0.4 is 5.32 Å². The summed E-state index contributed by atoms with van der Waals surface area (Å²) < 4.78 is 0. The van der Waals surface area contributed by atoms with Gasteiger partial charge in [0.1, 0.15) is 0 Å². The van der Waals surface area contributed by atoms with Crippen LogP contribution in [0.2, 0.25) is 0 Å². The van der Waals surface area contributed by atoms with Gasteiger partial charge in [-0.05, 0) is 24.7 Å². The highest BCUT2D eigenvalue weighted by Gasteiger charge is 2.40. The molecule has 1 spiro atoms. The Kier molecular flexibility index (Phi) is 2.77. The molecule has 0 atom stereocenters. The van der Waals surface area contributed by atoms with E-state index in [0.29, 0.717) is 11.3 Å². The van der Waals surface area contributed by atoms with E-state index in [1.807, 2.05) is 4.90 Å². The number of nitrogens with zero attached hydrogens (tertiary/aromatic N) is 1. The fraction of sp³-hybridized carbons (Fsp3) is 0.909. The lowest BCUT2D eigenvalue weighted by Gasteiger charge is -2.48. The van der Waals surface area contributed by atoms with E-state index in [9.17, 15) is 4.79 Å². The summed E-state index contributed by atoms with van der Waals surface area (Å²) in [7, 11) is 0. The fourth-order valence-corrected chi connectivity index (χ4v) is 2.43. The molecule has 1 N–H and O–H groups in total. The van der Waals surface area contributed by atoms with Crippen molar-refractivity contribution >= 4 is 5.91 Å². The Hall–Kier alpha value is -0.570. The largest absolute Gasteiger partial charge is 0.343 e. The SMILES string of the molecule is CCCC(=O)N1CCC2(CC1)CNC2. The second-order valence-electron chi connectivity index (χ2n) is 4.73. The van der Waals surface area contributed by atoms with Crippen molar-refractivity contribution in [1.82, 2.24) is 10.2 Å². The van der Waals surface area contributed by atoms with E-state index in [4.69, 9.17) is 0 Å². The topological polar surface area (TPSA) is 32.3 Å². The number of likely N-dealkylation sites (tertiary alicyclic amines) is 1. The Morgan fingerprint density at radius 1 is 1.36 bits per heavy atom. The van der Waals surface area contributed by atoms with Crippen molar-refractivity contribution in [2.75, 3.05) is 26.2 Å². The van der Waals surface area contributed by atoms with Gasteiger partial charge in [0.05, 0.1) is 0 Å². The van der Waals surface area contributed by atoms with E-state index in [2.05, 4.69) is 12.2 Å². The molecule has 0 bridgehead atoms. The molecule has 0 unspecified atom stereocenters. The van der Waals surface area contributed by atoms with Crippen molar-refractivity contribution in [1.29, 1.82) is 0 Å². The van der Waals surface area contributed by atoms with Crippen LogP contribution in [0.15, 0.2) is 0 Å². The van der Waals surface area contributed by atoms with Crippen LogP contribution >= 0.6 is 0 Å². The summed E-state index contributed by atoms with van der Waals surface area (Å²) in [6, 6.07) is 0. The number of hydrogen-bond donors (Lipinski definition) is 1. The lowest BCUT2D eigenvalue weighted by atomic mass is 9.73. The Labute approximate surface area is 85.8 Å². The number of carbonyl (C=O) groups excluding carboxylic acids is 1. The Balaban J connectivity index is 1.80. The molecule has 2 aliphatic rings. The minimum Gasteiger partial charge on any atom is -0.343 e. The van der Waals surface area contributed by atoms with E-state index in [1.165, 1.54) is 25.9 Å². The summed E-state index contributed by atoms with van der Waals surface area (Å²) in [5, 5.41) is 3.34. The second-order valence-corrected chi connectivity index (χ2v) is 4.73. The highest BCUT2D eigenvalue weighted by atomic mass is 16.2. The molecule has 2 saturated heterocycles. The molecule has 0 saturated carbocycles. The number of hydrogen-bond acceptors (Lipinski definition) is 2. The molecule has 0 radical (unpaired) electrons. The van der Waals surface area contributed by atoms with Gasteiger partial charge in [0.25, 0.3) is 0 Å². The van der Waals surface area contributed by atoms with E-state index in [-0.39, 0.29) is 0 Å². The lowest BCUT2D eigenvalue weighted by molar-refractivity contribution is -0.134. The molecule has 0 aromatic heterocycles. The van der Waals surface area contributed by atoms with Crippen LogP contribution in [0, 0.1) is 5.41 Å². The van der Waals surface area contributed by atoms with E-state index in [0.717, 1.165) is 25.9 Å². The summed E-state index contributed by atoms with van der Waals surface area (Å²) in [6.07, 6.45) is 4.11. The first-order chi connectivity index (χ1) is 6.76. The average molecular weight is 196 g/mol. The highest BCUT2D eigenvalue weighted by Crippen LogP contribution is 2.34. The third-order valence-corrected chi connectivity index (χ3v) is 3.64. The zero-order chi connectivity index (χ0) is 10.0. The van der Waals surface area contributed by atoms with Crippen LogP contribution in [0.3, 0.4) is 0 Å². The number of piperidine rings is 1. The molecular weight excluding hydrogens is 176 g/mol. The zero-order valence-corrected chi connectivity index (χ0v) is 9.01. The normalized spacial score (nSPS) is 24.8. The highest BCUT2D eigenvalue weighted by molar-refractivity contribution is 5.76. The molecule has 2 heterocycles. The summed E-state index contributed by atoms with van der Waals surface area (Å²) in [4.78, 5) is 13.7. The van der Waals surface area contributed by atoms with Gasteiger partial charge in [-0.2, -0.15) is 0 Å². The fourth-order valence-electron chi connectivity index (χ4n) is 2.43. The number of amides is 1. The summed E-state index contributed by atoms with van der Waals surface area (Å²) in [5.74, 6) is 0.356. The molecule has 80 valence electrons. The molecule has 2 rings (SSSR count). The third kappa shape index (κ3) is 1.78. The van der Waals surface area contributed by atoms with Crippen molar-refractivity contribution in [2.24, 2.45) is 5.41 Å². The molecule has 1 amide bonds. The smallest absolute Gasteiger partial charge is 0.222 e. The maximum absolute atomic E-state index is 11.6. The minimum atomic E-state index is 0.356. The van der Waals surface area contributed by atoms with E-state index in [1.54, 1.807) is 0 Å². The van der Waals surface area contributed by atoms with Crippen LogP contribution in [-0.2, 0) is 4.79 Å². The molecule has 3 heteroatoms. The van der Waals surface area contributed by atoms with Crippen LogP contribution in [0.4, 0.5) is 0 Å². The molecule has 0 aromatic rings. The van der Waals surface area contributed by atoms with Crippen molar-refractivity contribution in [3.05, 3.63) is 0 Å². The Morgan fingerprint density at radius 2 is 2.00 bits per heavy atom. The third-order valence-electron chi connectivity index (χ3n) is 3.64. The van der Waals surface area contributed by atoms with E-state index >= 15 is 0 Å². The molecule has 2 aliphatic heterocycles. The van der Waals surface area contributed by atoms with Gasteiger partial charge in [-0.1, -0.05) is 6.92 Å². The first-order valence-electron chi connectivity index (χ1n) is 5.74. The molecular formula is C11H20N2O. The number of nitrogens with one attached hydrogen (secondary N) is 1. The summed E-state index contributed by atoms with van der Waals surface area (Å²) in [5.41, 5.74) is 0.559. The maximum Gasteiger partial charge on any atom is 0.222 e. The van der Waals surface area contributed by atoms with Gasteiger partial charge >= 0.3 is 0 Å². The van der Waals surface area contributed by atoms with Gasteiger partial charge in [0, 0.05) is 32.6 Å². The van der Waals surface area contributed by atoms with Gasteiger partial charge in [-0.25, -0.2) is 0 Å². The van der Waals surface area contributed by atoms with Gasteiger partial charge in [0.2, 0.25) is 5.91 Å². The predicted octanol–water partition coefficient (Wildman–Crippen LogP) is 0.998. The quantitative estimate of drug-likeness (QED) is 0.714. The van der Waals surface area contributed by atoms with E-state index < -0.39 is 0 Å². The second kappa shape index (κ2) is 3.89. The molecule has 0 aromatic carbocycles. The predicted molar refractivity (Wildman–Crippen MR) is 56.0 cm³/mol. The molecule has 3 nitrogen and oxygen atoms in total. The maximum atomic E-state index is 11.6. The first kappa shape index (κ1) is 9.97. The van der Waals surface area contributed by atoms with Crippen molar-refractivity contribution < 1.29 is 4.79 Å². The molecule has 14 heavy (non-hydrogen) atoms. The molecule has 0 aliphatic carbocycles. The number of rotatable bonds is 2. The molecule has 2 fully saturated rings. The first-order valence-corrected chi connectivity index (χ1v) is 5.74. The number of carbonyl (C=O) groups is 1. The van der Waals surface area contributed by atoms with Gasteiger partial charge in [-0.3, -0.25) is 4.79 Å².